The lowest BCUT2D eigenvalue weighted by Gasteiger charge is -2.33. The molecule has 0 unspecified atom stereocenters. The van der Waals surface area contributed by atoms with Gasteiger partial charge in [0.1, 0.15) is 5.69 Å². The predicted octanol–water partition coefficient (Wildman–Crippen LogP) is 1.87. The highest BCUT2D eigenvalue weighted by Crippen LogP contribution is 2.13. The standard InChI is InChI=1S/C18H23N5O/c1-2-22-8-10-23(11-9-22)18(24)17-12-16(5-7-20-17)21-14-15-4-3-6-19-13-15/h3-7,12-13H,2,8-11,14H2,1H3,(H,20,21). The minimum Gasteiger partial charge on any atom is -0.381 e. The molecule has 0 atom stereocenters. The van der Waals surface area contributed by atoms with Gasteiger partial charge in [-0.2, -0.15) is 0 Å². The maximum Gasteiger partial charge on any atom is 0.272 e. The van der Waals surface area contributed by atoms with Crippen molar-refractivity contribution < 1.29 is 4.79 Å². The summed E-state index contributed by atoms with van der Waals surface area (Å²) >= 11 is 0. The van der Waals surface area contributed by atoms with E-state index in [1.807, 2.05) is 35.4 Å². The third-order valence-corrected chi connectivity index (χ3v) is 4.31. The van der Waals surface area contributed by atoms with Crippen LogP contribution in [0, 0.1) is 0 Å². The van der Waals surface area contributed by atoms with Gasteiger partial charge in [0.15, 0.2) is 0 Å². The third kappa shape index (κ3) is 4.08. The van der Waals surface area contributed by atoms with Crippen molar-refractivity contribution in [2.24, 2.45) is 0 Å². The SMILES string of the molecule is CCN1CCN(C(=O)c2cc(NCc3cccnc3)ccn2)CC1. The van der Waals surface area contributed by atoms with Gasteiger partial charge in [-0.25, -0.2) is 0 Å². The number of amides is 1. The van der Waals surface area contributed by atoms with Crippen LogP contribution < -0.4 is 5.32 Å². The first-order valence-electron chi connectivity index (χ1n) is 8.36. The molecule has 1 fully saturated rings. The molecule has 1 amide bonds. The number of hydrogen-bond donors (Lipinski definition) is 1. The zero-order valence-corrected chi connectivity index (χ0v) is 14.0. The number of pyridine rings is 2. The zero-order chi connectivity index (χ0) is 16.8. The Hall–Kier alpha value is -2.47. The summed E-state index contributed by atoms with van der Waals surface area (Å²) in [7, 11) is 0. The highest BCUT2D eigenvalue weighted by molar-refractivity contribution is 5.93. The van der Waals surface area contributed by atoms with Crippen LogP contribution in [0.25, 0.3) is 0 Å². The molecule has 6 heteroatoms. The Labute approximate surface area is 142 Å². The van der Waals surface area contributed by atoms with Crippen LogP contribution in [0.15, 0.2) is 42.9 Å². The van der Waals surface area contributed by atoms with Crippen LogP contribution in [0.1, 0.15) is 23.0 Å². The number of rotatable bonds is 5. The fourth-order valence-electron chi connectivity index (χ4n) is 2.79. The summed E-state index contributed by atoms with van der Waals surface area (Å²) in [6, 6.07) is 7.63. The minimum absolute atomic E-state index is 0.00998. The maximum absolute atomic E-state index is 12.6. The van der Waals surface area contributed by atoms with E-state index in [4.69, 9.17) is 0 Å². The van der Waals surface area contributed by atoms with Gasteiger partial charge in [-0.3, -0.25) is 14.8 Å². The number of nitrogens with one attached hydrogen (secondary N) is 1. The van der Waals surface area contributed by atoms with E-state index in [0.29, 0.717) is 12.2 Å². The summed E-state index contributed by atoms with van der Waals surface area (Å²) in [5.74, 6) is 0.00998. The van der Waals surface area contributed by atoms with Crippen LogP contribution in [-0.4, -0.2) is 58.4 Å². The zero-order valence-electron chi connectivity index (χ0n) is 14.0. The average molecular weight is 325 g/mol. The van der Waals surface area contributed by atoms with E-state index in [1.165, 1.54) is 0 Å². The molecule has 126 valence electrons. The van der Waals surface area contributed by atoms with E-state index in [0.717, 1.165) is 44.0 Å². The first-order valence-corrected chi connectivity index (χ1v) is 8.36. The van der Waals surface area contributed by atoms with Crippen LogP contribution in [0.5, 0.6) is 0 Å². The minimum atomic E-state index is 0.00998. The lowest BCUT2D eigenvalue weighted by atomic mass is 10.2. The van der Waals surface area contributed by atoms with E-state index in [9.17, 15) is 4.79 Å². The van der Waals surface area contributed by atoms with E-state index in [1.54, 1.807) is 12.4 Å². The van der Waals surface area contributed by atoms with E-state index in [-0.39, 0.29) is 5.91 Å². The number of likely N-dealkylation sites (N-methyl/N-ethyl adjacent to an activating group) is 1. The molecule has 0 aromatic carbocycles. The molecule has 0 bridgehead atoms. The van der Waals surface area contributed by atoms with Crippen LogP contribution in [0.4, 0.5) is 5.69 Å². The van der Waals surface area contributed by atoms with E-state index >= 15 is 0 Å². The van der Waals surface area contributed by atoms with Crippen molar-refractivity contribution in [1.29, 1.82) is 0 Å². The molecular formula is C18H23N5O. The smallest absolute Gasteiger partial charge is 0.272 e. The Morgan fingerprint density at radius 2 is 2.04 bits per heavy atom. The lowest BCUT2D eigenvalue weighted by molar-refractivity contribution is 0.0637. The molecule has 2 aromatic rings. The second kappa shape index (κ2) is 7.88. The number of aromatic nitrogens is 2. The lowest BCUT2D eigenvalue weighted by Crippen LogP contribution is -2.48. The number of nitrogens with zero attached hydrogens (tertiary/aromatic N) is 4. The molecule has 0 spiro atoms. The van der Waals surface area contributed by atoms with Gasteiger partial charge < -0.3 is 15.1 Å². The van der Waals surface area contributed by atoms with Crippen LogP contribution in [0.3, 0.4) is 0 Å². The first kappa shape index (κ1) is 16.4. The molecule has 6 nitrogen and oxygen atoms in total. The first-order chi connectivity index (χ1) is 11.8. The fourth-order valence-corrected chi connectivity index (χ4v) is 2.79. The Kier molecular flexibility index (Phi) is 5.38. The van der Waals surface area contributed by atoms with Gasteiger partial charge in [0, 0.05) is 57.0 Å². The van der Waals surface area contributed by atoms with Crippen molar-refractivity contribution in [2.45, 2.75) is 13.5 Å². The van der Waals surface area contributed by atoms with Gasteiger partial charge in [0.05, 0.1) is 0 Å². The second-order valence-electron chi connectivity index (χ2n) is 5.87. The largest absolute Gasteiger partial charge is 0.381 e. The van der Waals surface area contributed by atoms with Gasteiger partial charge in [0.25, 0.3) is 5.91 Å². The monoisotopic (exact) mass is 325 g/mol. The molecule has 3 rings (SSSR count). The van der Waals surface area contributed by atoms with Crippen molar-refractivity contribution in [3.63, 3.8) is 0 Å². The average Bonchev–Trinajstić information content (AvgIpc) is 2.67. The van der Waals surface area contributed by atoms with Crippen molar-refractivity contribution in [1.82, 2.24) is 19.8 Å². The Bertz CT molecular complexity index is 668. The quantitative estimate of drug-likeness (QED) is 0.909. The summed E-state index contributed by atoms with van der Waals surface area (Å²) in [6.45, 7) is 7.25. The molecule has 0 saturated carbocycles. The van der Waals surface area contributed by atoms with Gasteiger partial charge in [-0.05, 0) is 30.3 Å². The molecule has 0 aliphatic carbocycles. The predicted molar refractivity (Wildman–Crippen MR) is 93.8 cm³/mol. The summed E-state index contributed by atoms with van der Waals surface area (Å²) in [5.41, 5.74) is 2.48. The molecular weight excluding hydrogens is 302 g/mol. The maximum atomic E-state index is 12.6. The van der Waals surface area contributed by atoms with Crippen molar-refractivity contribution in [2.75, 3.05) is 38.0 Å². The number of carbonyl (C=O) groups excluding carboxylic acids is 1. The Morgan fingerprint density at radius 1 is 1.21 bits per heavy atom. The molecule has 1 aliphatic heterocycles. The number of anilines is 1. The topological polar surface area (TPSA) is 61.4 Å². The summed E-state index contributed by atoms with van der Waals surface area (Å²) in [6.07, 6.45) is 5.26. The summed E-state index contributed by atoms with van der Waals surface area (Å²) < 4.78 is 0. The normalized spacial score (nSPS) is 15.3. The van der Waals surface area contributed by atoms with Gasteiger partial charge in [-0.15, -0.1) is 0 Å². The van der Waals surface area contributed by atoms with Crippen molar-refractivity contribution >= 4 is 11.6 Å². The molecule has 0 radical (unpaired) electrons. The van der Waals surface area contributed by atoms with E-state index in [2.05, 4.69) is 27.1 Å². The van der Waals surface area contributed by atoms with Gasteiger partial charge in [-0.1, -0.05) is 13.0 Å². The molecule has 2 aromatic heterocycles. The van der Waals surface area contributed by atoms with E-state index < -0.39 is 0 Å². The van der Waals surface area contributed by atoms with Crippen molar-refractivity contribution in [3.05, 3.63) is 54.1 Å². The van der Waals surface area contributed by atoms with Crippen LogP contribution in [0.2, 0.25) is 0 Å². The number of carbonyl (C=O) groups is 1. The Morgan fingerprint density at radius 3 is 2.75 bits per heavy atom. The highest BCUT2D eigenvalue weighted by atomic mass is 16.2. The summed E-state index contributed by atoms with van der Waals surface area (Å²) in [4.78, 5) is 25.2. The number of hydrogen-bond acceptors (Lipinski definition) is 5. The highest BCUT2D eigenvalue weighted by Gasteiger charge is 2.22. The Balaban J connectivity index is 1.61. The molecule has 24 heavy (non-hydrogen) atoms. The fraction of sp³-hybridized carbons (Fsp3) is 0.389. The van der Waals surface area contributed by atoms with Crippen LogP contribution >= 0.6 is 0 Å². The summed E-state index contributed by atoms with van der Waals surface area (Å²) in [5, 5.41) is 3.32. The molecule has 1 saturated heterocycles. The van der Waals surface area contributed by atoms with Gasteiger partial charge in [0.2, 0.25) is 0 Å². The van der Waals surface area contributed by atoms with Crippen LogP contribution in [-0.2, 0) is 6.54 Å². The molecule has 1 N–H and O–H groups in total. The molecule has 1 aliphatic rings. The van der Waals surface area contributed by atoms with Gasteiger partial charge >= 0.3 is 0 Å². The molecule has 3 heterocycles. The van der Waals surface area contributed by atoms with Crippen molar-refractivity contribution in [3.8, 4) is 0 Å². The number of piperazine rings is 1. The second-order valence-corrected chi connectivity index (χ2v) is 5.87. The third-order valence-electron chi connectivity index (χ3n) is 4.31.